The molecule has 8 nitrogen and oxygen atoms in total. The zero-order chi connectivity index (χ0) is 28.3. The molecule has 6 atom stereocenters. The summed E-state index contributed by atoms with van der Waals surface area (Å²) in [7, 11) is 1.85. The number of aliphatic carboxylic acids is 1. The van der Waals surface area contributed by atoms with Gasteiger partial charge in [0.15, 0.2) is 11.4 Å². The van der Waals surface area contributed by atoms with Crippen molar-refractivity contribution >= 4 is 22.8 Å². The summed E-state index contributed by atoms with van der Waals surface area (Å²) in [4.78, 5) is 38.1. The highest BCUT2D eigenvalue weighted by Crippen LogP contribution is 2.47. The Morgan fingerprint density at radius 3 is 2.22 bits per heavy atom. The van der Waals surface area contributed by atoms with Crippen molar-refractivity contribution < 1.29 is 9.90 Å². The fourth-order valence-electron chi connectivity index (χ4n) is 9.59. The standard InChI is InChI=1S/C33H47N5O3/c1-3-35(2)33(32(40)41)20-36(21-33)30-31(39)38(29-14-7-6-13-28(29)34-30)27-18-24-11-8-12-25(19-27)37(24)26-16-22-9-4-5-10-23(15-22)17-26/h6-7,13-14,22-27H,3-5,8-12,15-21H2,1-2H3,(H,40,41)/t22-,23+,24-,25+,26?,27?. The van der Waals surface area contributed by atoms with Crippen molar-refractivity contribution in [1.82, 2.24) is 19.4 Å². The van der Waals surface area contributed by atoms with Gasteiger partial charge in [-0.05, 0) is 82.5 Å². The maximum atomic E-state index is 14.3. The predicted octanol–water partition coefficient (Wildman–Crippen LogP) is 4.91. The van der Waals surface area contributed by atoms with Gasteiger partial charge in [0.2, 0.25) is 0 Å². The molecule has 0 spiro atoms. The molecule has 5 aliphatic rings. The van der Waals surface area contributed by atoms with E-state index < -0.39 is 11.5 Å². The molecule has 3 aliphatic heterocycles. The number of carboxylic acid groups (broad SMARTS) is 1. The number of aromatic nitrogens is 2. The van der Waals surface area contributed by atoms with Crippen molar-refractivity contribution in [3.8, 4) is 0 Å². The predicted molar refractivity (Wildman–Crippen MR) is 162 cm³/mol. The van der Waals surface area contributed by atoms with Crippen molar-refractivity contribution in [2.24, 2.45) is 11.8 Å². The monoisotopic (exact) mass is 561 g/mol. The van der Waals surface area contributed by atoms with Gasteiger partial charge in [-0.3, -0.25) is 19.4 Å². The molecule has 3 saturated heterocycles. The Balaban J connectivity index is 1.19. The summed E-state index contributed by atoms with van der Waals surface area (Å²) >= 11 is 0. The summed E-state index contributed by atoms with van der Waals surface area (Å²) in [5, 5.41) is 10.1. The van der Waals surface area contributed by atoms with Crippen LogP contribution in [0.5, 0.6) is 0 Å². The highest BCUT2D eigenvalue weighted by molar-refractivity contribution is 5.84. The molecule has 8 heteroatoms. The van der Waals surface area contributed by atoms with Gasteiger partial charge in [0.25, 0.3) is 5.56 Å². The number of rotatable bonds is 6. The van der Waals surface area contributed by atoms with Crippen LogP contribution in [0.15, 0.2) is 29.1 Å². The first kappa shape index (κ1) is 27.4. The van der Waals surface area contributed by atoms with Gasteiger partial charge in [-0.1, -0.05) is 51.2 Å². The number of nitrogens with zero attached hydrogens (tertiary/aromatic N) is 5. The Morgan fingerprint density at radius 2 is 1.59 bits per heavy atom. The number of hydrogen-bond donors (Lipinski definition) is 1. The first-order valence-electron chi connectivity index (χ1n) is 16.4. The third-order valence-electron chi connectivity index (χ3n) is 11.7. The van der Waals surface area contributed by atoms with Crippen LogP contribution < -0.4 is 10.5 Å². The number of hydrogen-bond acceptors (Lipinski definition) is 6. The van der Waals surface area contributed by atoms with Crippen molar-refractivity contribution in [2.45, 2.75) is 114 Å². The molecule has 0 radical (unpaired) electrons. The third-order valence-corrected chi connectivity index (χ3v) is 11.7. The van der Waals surface area contributed by atoms with Gasteiger partial charge in [-0.25, -0.2) is 4.98 Å². The van der Waals surface area contributed by atoms with E-state index in [4.69, 9.17) is 4.98 Å². The fourth-order valence-corrected chi connectivity index (χ4v) is 9.59. The Bertz CT molecular complexity index is 1320. The molecular formula is C33H47N5O3. The van der Waals surface area contributed by atoms with Gasteiger partial charge in [-0.2, -0.15) is 0 Å². The second-order valence-corrected chi connectivity index (χ2v) is 14.0. The Labute approximate surface area is 243 Å². The van der Waals surface area contributed by atoms with E-state index in [1.165, 1.54) is 64.2 Å². The van der Waals surface area contributed by atoms with Crippen molar-refractivity contribution in [3.63, 3.8) is 0 Å². The second-order valence-electron chi connectivity index (χ2n) is 14.0. The van der Waals surface area contributed by atoms with Crippen LogP contribution in [0.2, 0.25) is 0 Å². The molecule has 2 aromatic rings. The first-order valence-corrected chi connectivity index (χ1v) is 16.4. The SMILES string of the molecule is CCN(C)C1(C(=O)O)CN(c2nc3ccccc3n(C3C[C@H]4CCC[C@@H](C3)N4C3C[C@H]4CCCC[C@@H](C3)C4)c2=O)C1. The van der Waals surface area contributed by atoms with Crippen molar-refractivity contribution in [1.29, 1.82) is 0 Å². The number of carboxylic acids is 1. The van der Waals surface area contributed by atoms with Crippen LogP contribution in [0.25, 0.3) is 11.0 Å². The van der Waals surface area contributed by atoms with E-state index in [2.05, 4.69) is 9.47 Å². The number of likely N-dealkylation sites (N-methyl/N-ethyl adjacent to an activating group) is 1. The van der Waals surface area contributed by atoms with Crippen molar-refractivity contribution in [2.75, 3.05) is 31.6 Å². The first-order chi connectivity index (χ1) is 19.9. The summed E-state index contributed by atoms with van der Waals surface area (Å²) in [6.07, 6.45) is 15.7. The zero-order valence-electron chi connectivity index (χ0n) is 24.9. The lowest BCUT2D eigenvalue weighted by atomic mass is 9.73. The van der Waals surface area contributed by atoms with Crippen LogP contribution in [-0.4, -0.2) is 80.8 Å². The van der Waals surface area contributed by atoms with Crippen LogP contribution in [-0.2, 0) is 4.79 Å². The normalized spacial score (nSPS) is 33.4. The number of carbonyl (C=O) groups is 1. The molecule has 0 amide bonds. The molecule has 7 rings (SSSR count). The fraction of sp³-hybridized carbons (Fsp3) is 0.727. The Kier molecular flexibility index (Phi) is 7.13. The smallest absolute Gasteiger partial charge is 0.327 e. The summed E-state index contributed by atoms with van der Waals surface area (Å²) in [6, 6.07) is 9.99. The van der Waals surface area contributed by atoms with Gasteiger partial charge in [0.05, 0.1) is 24.1 Å². The minimum atomic E-state index is -0.973. The van der Waals surface area contributed by atoms with Gasteiger partial charge in [-0.15, -0.1) is 0 Å². The van der Waals surface area contributed by atoms with Crippen molar-refractivity contribution in [3.05, 3.63) is 34.6 Å². The number of piperidine rings is 2. The van der Waals surface area contributed by atoms with Crippen LogP contribution in [0.4, 0.5) is 5.82 Å². The largest absolute Gasteiger partial charge is 0.480 e. The van der Waals surface area contributed by atoms with E-state index in [1.807, 2.05) is 48.0 Å². The summed E-state index contributed by atoms with van der Waals surface area (Å²) in [6.45, 7) is 3.17. The van der Waals surface area contributed by atoms with Crippen LogP contribution in [0.1, 0.15) is 90.0 Å². The average molecular weight is 562 g/mol. The molecule has 2 unspecified atom stereocenters. The lowest BCUT2D eigenvalue weighted by Gasteiger charge is -2.55. The lowest BCUT2D eigenvalue weighted by Crippen LogP contribution is -2.74. The minimum Gasteiger partial charge on any atom is -0.480 e. The average Bonchev–Trinajstić information content (AvgIpc) is 3.10. The summed E-state index contributed by atoms with van der Waals surface area (Å²) in [5.41, 5.74) is 0.709. The number of fused-ring (bicyclic) bond motifs is 5. The molecule has 2 saturated carbocycles. The molecule has 1 N–H and O–H groups in total. The molecule has 4 bridgehead atoms. The lowest BCUT2D eigenvalue weighted by molar-refractivity contribution is -0.152. The van der Waals surface area contributed by atoms with Crippen LogP contribution in [0, 0.1) is 11.8 Å². The molecule has 1 aromatic heterocycles. The van der Waals surface area contributed by atoms with E-state index in [0.717, 1.165) is 41.8 Å². The van der Waals surface area contributed by atoms with E-state index in [1.54, 1.807) is 0 Å². The number of benzene rings is 1. The van der Waals surface area contributed by atoms with Crippen LogP contribution in [0.3, 0.4) is 0 Å². The molecule has 41 heavy (non-hydrogen) atoms. The Hall–Kier alpha value is -2.45. The summed E-state index contributed by atoms with van der Waals surface area (Å²) < 4.78 is 2.06. The van der Waals surface area contributed by atoms with Gasteiger partial charge in [0.1, 0.15) is 0 Å². The minimum absolute atomic E-state index is 0.0537. The molecule has 2 aliphatic carbocycles. The highest BCUT2D eigenvalue weighted by Gasteiger charge is 2.54. The maximum absolute atomic E-state index is 14.3. The van der Waals surface area contributed by atoms with Gasteiger partial charge < -0.3 is 14.6 Å². The molecular weight excluding hydrogens is 514 g/mol. The maximum Gasteiger partial charge on any atom is 0.327 e. The zero-order valence-corrected chi connectivity index (χ0v) is 24.9. The molecule has 1 aromatic carbocycles. The van der Waals surface area contributed by atoms with Crippen LogP contribution >= 0.6 is 0 Å². The molecule has 5 fully saturated rings. The molecule has 4 heterocycles. The van der Waals surface area contributed by atoms with Gasteiger partial charge in [0, 0.05) is 24.2 Å². The number of anilines is 1. The quantitative estimate of drug-likeness (QED) is 0.537. The molecule has 222 valence electrons. The Morgan fingerprint density at radius 1 is 0.927 bits per heavy atom. The second kappa shape index (κ2) is 10.7. The van der Waals surface area contributed by atoms with E-state index in [-0.39, 0.29) is 24.7 Å². The third kappa shape index (κ3) is 4.60. The number of para-hydroxylation sites is 2. The topological polar surface area (TPSA) is 81.9 Å². The van der Waals surface area contributed by atoms with Gasteiger partial charge >= 0.3 is 5.97 Å². The van der Waals surface area contributed by atoms with E-state index in [0.29, 0.717) is 24.4 Å². The summed E-state index contributed by atoms with van der Waals surface area (Å²) in [5.74, 6) is 1.40. The highest BCUT2D eigenvalue weighted by atomic mass is 16.4. The van der Waals surface area contributed by atoms with E-state index >= 15 is 0 Å². The van der Waals surface area contributed by atoms with E-state index in [9.17, 15) is 14.7 Å².